The van der Waals surface area contributed by atoms with Gasteiger partial charge >= 0.3 is 0 Å². The number of carbonyl (C=O) groups excluding carboxylic acids is 1. The van der Waals surface area contributed by atoms with Crippen molar-refractivity contribution in [1.82, 2.24) is 9.88 Å². The van der Waals surface area contributed by atoms with Crippen molar-refractivity contribution in [2.75, 3.05) is 13.1 Å². The van der Waals surface area contributed by atoms with E-state index in [-0.39, 0.29) is 5.92 Å². The van der Waals surface area contributed by atoms with E-state index in [0.717, 1.165) is 50.3 Å². The summed E-state index contributed by atoms with van der Waals surface area (Å²) in [4.78, 5) is 19.0. The van der Waals surface area contributed by atoms with Crippen LogP contribution in [-0.2, 0) is 11.3 Å². The van der Waals surface area contributed by atoms with Gasteiger partial charge in [0.25, 0.3) is 0 Å². The van der Waals surface area contributed by atoms with Crippen LogP contribution in [-0.4, -0.2) is 28.8 Å². The standard InChI is InChI=1S/C17H26N2O/c1-4-19(12-16-7-5-6-14(3)18-16)11-15-10-13(2)8-9-17(15)20/h5-7,13,15H,4,8-12H2,1-3H3. The first-order valence-electron chi connectivity index (χ1n) is 7.76. The molecule has 2 rings (SSSR count). The molecule has 1 aromatic heterocycles. The number of nitrogens with zero attached hydrogens (tertiary/aromatic N) is 2. The van der Waals surface area contributed by atoms with E-state index in [1.165, 1.54) is 0 Å². The maximum atomic E-state index is 12.1. The summed E-state index contributed by atoms with van der Waals surface area (Å²) < 4.78 is 0. The van der Waals surface area contributed by atoms with Crippen molar-refractivity contribution in [3.63, 3.8) is 0 Å². The fourth-order valence-electron chi connectivity index (χ4n) is 3.04. The first kappa shape index (κ1) is 15.2. The Balaban J connectivity index is 1.96. The molecule has 0 amide bonds. The lowest BCUT2D eigenvalue weighted by Crippen LogP contribution is -2.36. The van der Waals surface area contributed by atoms with Gasteiger partial charge in [-0.15, -0.1) is 0 Å². The van der Waals surface area contributed by atoms with E-state index < -0.39 is 0 Å². The van der Waals surface area contributed by atoms with Gasteiger partial charge < -0.3 is 0 Å². The minimum atomic E-state index is 0.225. The molecule has 0 radical (unpaired) electrons. The Labute approximate surface area is 122 Å². The highest BCUT2D eigenvalue weighted by Crippen LogP contribution is 2.26. The summed E-state index contributed by atoms with van der Waals surface area (Å²) in [5.74, 6) is 1.37. The Morgan fingerprint density at radius 2 is 2.20 bits per heavy atom. The topological polar surface area (TPSA) is 33.2 Å². The molecule has 110 valence electrons. The minimum Gasteiger partial charge on any atom is -0.299 e. The Hall–Kier alpha value is -1.22. The van der Waals surface area contributed by atoms with E-state index in [0.29, 0.717) is 11.7 Å². The number of hydrogen-bond acceptors (Lipinski definition) is 3. The second-order valence-electron chi connectivity index (χ2n) is 6.14. The summed E-state index contributed by atoms with van der Waals surface area (Å²) in [5.41, 5.74) is 2.16. The normalized spacial score (nSPS) is 23.3. The second kappa shape index (κ2) is 6.98. The van der Waals surface area contributed by atoms with Crippen LogP contribution in [0.1, 0.15) is 44.5 Å². The maximum absolute atomic E-state index is 12.1. The monoisotopic (exact) mass is 274 g/mol. The van der Waals surface area contributed by atoms with Gasteiger partial charge in [0.15, 0.2) is 0 Å². The molecular weight excluding hydrogens is 248 g/mol. The van der Waals surface area contributed by atoms with Gasteiger partial charge in [0.2, 0.25) is 0 Å². The molecule has 3 heteroatoms. The van der Waals surface area contributed by atoms with Crippen LogP contribution in [0.25, 0.3) is 0 Å². The second-order valence-corrected chi connectivity index (χ2v) is 6.14. The Morgan fingerprint density at radius 1 is 1.40 bits per heavy atom. The van der Waals surface area contributed by atoms with E-state index in [4.69, 9.17) is 0 Å². The molecule has 3 nitrogen and oxygen atoms in total. The summed E-state index contributed by atoms with van der Waals surface area (Å²) in [6.45, 7) is 9.13. The van der Waals surface area contributed by atoms with Crippen molar-refractivity contribution in [3.8, 4) is 0 Å². The summed E-state index contributed by atoms with van der Waals surface area (Å²) in [5, 5.41) is 0. The van der Waals surface area contributed by atoms with E-state index >= 15 is 0 Å². The number of aromatic nitrogens is 1. The third-order valence-corrected chi connectivity index (χ3v) is 4.28. The highest BCUT2D eigenvalue weighted by molar-refractivity contribution is 5.81. The molecule has 0 aromatic carbocycles. The molecule has 1 aromatic rings. The molecule has 0 N–H and O–H groups in total. The average Bonchev–Trinajstić information content (AvgIpc) is 2.42. The smallest absolute Gasteiger partial charge is 0.137 e. The van der Waals surface area contributed by atoms with Gasteiger partial charge in [-0.1, -0.05) is 19.9 Å². The molecule has 2 unspecified atom stereocenters. The molecule has 0 aliphatic heterocycles. The average molecular weight is 274 g/mol. The van der Waals surface area contributed by atoms with E-state index in [1.807, 2.05) is 13.0 Å². The van der Waals surface area contributed by atoms with Crippen LogP contribution in [0.15, 0.2) is 18.2 Å². The Morgan fingerprint density at radius 3 is 2.90 bits per heavy atom. The lowest BCUT2D eigenvalue weighted by molar-refractivity contribution is -0.126. The van der Waals surface area contributed by atoms with Crippen molar-refractivity contribution < 1.29 is 4.79 Å². The summed E-state index contributed by atoms with van der Waals surface area (Å²) in [6, 6.07) is 6.15. The molecule has 20 heavy (non-hydrogen) atoms. The molecule has 1 aliphatic carbocycles. The van der Waals surface area contributed by atoms with Crippen molar-refractivity contribution in [2.24, 2.45) is 11.8 Å². The molecule has 1 heterocycles. The molecule has 0 spiro atoms. The van der Waals surface area contributed by atoms with Crippen LogP contribution in [0, 0.1) is 18.8 Å². The highest BCUT2D eigenvalue weighted by Gasteiger charge is 2.27. The molecule has 2 atom stereocenters. The largest absolute Gasteiger partial charge is 0.299 e. The van der Waals surface area contributed by atoms with Crippen molar-refractivity contribution in [3.05, 3.63) is 29.6 Å². The molecule has 0 bridgehead atoms. The Bertz CT molecular complexity index is 458. The van der Waals surface area contributed by atoms with Gasteiger partial charge in [-0.2, -0.15) is 0 Å². The van der Waals surface area contributed by atoms with Gasteiger partial charge in [0, 0.05) is 31.1 Å². The predicted octanol–water partition coefficient (Wildman–Crippen LogP) is 3.22. The number of carbonyl (C=O) groups is 1. The third-order valence-electron chi connectivity index (χ3n) is 4.28. The van der Waals surface area contributed by atoms with Gasteiger partial charge in [-0.3, -0.25) is 14.7 Å². The van der Waals surface area contributed by atoms with Gasteiger partial charge in [-0.05, 0) is 44.4 Å². The van der Waals surface area contributed by atoms with Gasteiger partial charge in [-0.25, -0.2) is 0 Å². The van der Waals surface area contributed by atoms with Crippen LogP contribution in [0.4, 0.5) is 0 Å². The zero-order chi connectivity index (χ0) is 14.5. The third kappa shape index (κ3) is 4.14. The van der Waals surface area contributed by atoms with Crippen molar-refractivity contribution in [1.29, 1.82) is 0 Å². The first-order valence-corrected chi connectivity index (χ1v) is 7.76. The van der Waals surface area contributed by atoms with Crippen LogP contribution in [0.5, 0.6) is 0 Å². The lowest BCUT2D eigenvalue weighted by atomic mass is 9.81. The van der Waals surface area contributed by atoms with Gasteiger partial charge in [0.05, 0.1) is 5.69 Å². The zero-order valence-corrected chi connectivity index (χ0v) is 12.9. The molecule has 1 aliphatic rings. The summed E-state index contributed by atoms with van der Waals surface area (Å²) in [7, 11) is 0. The predicted molar refractivity (Wildman–Crippen MR) is 81.4 cm³/mol. The number of rotatable bonds is 5. The summed E-state index contributed by atoms with van der Waals surface area (Å²) in [6.07, 6.45) is 2.89. The van der Waals surface area contributed by atoms with Crippen molar-refractivity contribution in [2.45, 2.75) is 46.6 Å². The lowest BCUT2D eigenvalue weighted by Gasteiger charge is -2.30. The number of Topliss-reactive ketones (excluding diaryl/α,β-unsaturated/α-hetero) is 1. The number of aryl methyl sites for hydroxylation is 1. The number of ketones is 1. The summed E-state index contributed by atoms with van der Waals surface area (Å²) >= 11 is 0. The van der Waals surface area contributed by atoms with Crippen LogP contribution in [0.2, 0.25) is 0 Å². The van der Waals surface area contributed by atoms with E-state index in [1.54, 1.807) is 0 Å². The fraction of sp³-hybridized carbons (Fsp3) is 0.647. The number of pyridine rings is 1. The molecule has 1 fully saturated rings. The first-order chi connectivity index (χ1) is 9.58. The minimum absolute atomic E-state index is 0.225. The quantitative estimate of drug-likeness (QED) is 0.826. The van der Waals surface area contributed by atoms with E-state index in [2.05, 4.69) is 35.9 Å². The molecule has 0 saturated heterocycles. The highest BCUT2D eigenvalue weighted by atomic mass is 16.1. The van der Waals surface area contributed by atoms with Crippen molar-refractivity contribution >= 4 is 5.78 Å². The zero-order valence-electron chi connectivity index (χ0n) is 12.9. The van der Waals surface area contributed by atoms with Crippen LogP contribution < -0.4 is 0 Å². The molecular formula is C17H26N2O. The van der Waals surface area contributed by atoms with Crippen LogP contribution in [0.3, 0.4) is 0 Å². The Kier molecular flexibility index (Phi) is 5.30. The van der Waals surface area contributed by atoms with Gasteiger partial charge in [0.1, 0.15) is 5.78 Å². The SMILES string of the molecule is CCN(Cc1cccc(C)n1)CC1CC(C)CCC1=O. The van der Waals surface area contributed by atoms with E-state index in [9.17, 15) is 4.79 Å². The molecule has 1 saturated carbocycles. The maximum Gasteiger partial charge on any atom is 0.137 e. The van der Waals surface area contributed by atoms with Crippen LogP contribution >= 0.6 is 0 Å². The fourth-order valence-corrected chi connectivity index (χ4v) is 3.04. The number of hydrogen-bond donors (Lipinski definition) is 0.